The molecule has 1 N–H and O–H groups in total. The number of benzene rings is 1. The van der Waals surface area contributed by atoms with Crippen molar-refractivity contribution < 1.29 is 14.5 Å². The number of hydrogen-bond donors (Lipinski definition) is 1. The van der Waals surface area contributed by atoms with Crippen LogP contribution in [0.2, 0.25) is 0 Å². The van der Waals surface area contributed by atoms with E-state index in [1.165, 1.54) is 0 Å². The monoisotopic (exact) mass is 334 g/mol. The van der Waals surface area contributed by atoms with E-state index >= 15 is 0 Å². The third-order valence-corrected chi connectivity index (χ3v) is 4.26. The zero-order chi connectivity index (χ0) is 17.4. The molecule has 0 amide bonds. The summed E-state index contributed by atoms with van der Waals surface area (Å²) in [7, 11) is -0.920. The molecule has 4 rings (SSSR count). The minimum absolute atomic E-state index is 0.131. The quantitative estimate of drug-likeness (QED) is 0.555. The summed E-state index contributed by atoms with van der Waals surface area (Å²) in [6, 6.07) is 11.0. The molecule has 0 saturated heterocycles. The summed E-state index contributed by atoms with van der Waals surface area (Å²) in [6.45, 7) is 2.18. The van der Waals surface area contributed by atoms with Gasteiger partial charge in [0.25, 0.3) is 0 Å². The van der Waals surface area contributed by atoms with Gasteiger partial charge in [-0.15, -0.1) is 5.10 Å². The van der Waals surface area contributed by atoms with Crippen LogP contribution in [0.5, 0.6) is 0 Å². The van der Waals surface area contributed by atoms with E-state index in [0.29, 0.717) is 23.8 Å². The molecule has 25 heavy (non-hydrogen) atoms. The van der Waals surface area contributed by atoms with Crippen LogP contribution in [0.3, 0.4) is 0 Å². The van der Waals surface area contributed by atoms with Gasteiger partial charge in [0.1, 0.15) is 0 Å². The standard InChI is InChI=1S/C17H15BN4O3/c1-11-17(20-21-22(11)16-4-2-3-7-19-16)15(23)9-12-5-6-13-10-25-18(24)14(13)8-12/h2-8,24H,9-10H2,1H3. The first-order valence-corrected chi connectivity index (χ1v) is 7.92. The maximum Gasteiger partial charge on any atom is 0.491 e. The highest BCUT2D eigenvalue weighted by Crippen LogP contribution is 2.15. The molecule has 1 aliphatic rings. The first kappa shape index (κ1) is 15.7. The molecule has 0 aliphatic carbocycles. The van der Waals surface area contributed by atoms with Crippen molar-refractivity contribution in [1.29, 1.82) is 0 Å². The summed E-state index contributed by atoms with van der Waals surface area (Å²) in [5.74, 6) is 0.484. The van der Waals surface area contributed by atoms with E-state index in [0.717, 1.165) is 16.6 Å². The highest BCUT2D eigenvalue weighted by Gasteiger charge is 2.27. The second kappa shape index (κ2) is 6.23. The smallest absolute Gasteiger partial charge is 0.423 e. The van der Waals surface area contributed by atoms with E-state index in [4.69, 9.17) is 4.65 Å². The summed E-state index contributed by atoms with van der Waals surface area (Å²) in [5, 5.41) is 17.9. The summed E-state index contributed by atoms with van der Waals surface area (Å²) in [4.78, 5) is 16.9. The fraction of sp³-hybridized carbons (Fsp3) is 0.176. The number of nitrogens with zero attached hydrogens (tertiary/aromatic N) is 4. The lowest BCUT2D eigenvalue weighted by Crippen LogP contribution is -2.28. The molecule has 0 bridgehead atoms. The number of hydrogen-bond acceptors (Lipinski definition) is 6. The van der Waals surface area contributed by atoms with Crippen molar-refractivity contribution in [1.82, 2.24) is 20.0 Å². The van der Waals surface area contributed by atoms with Crippen LogP contribution in [0.4, 0.5) is 0 Å². The molecule has 7 nitrogen and oxygen atoms in total. The van der Waals surface area contributed by atoms with Gasteiger partial charge < -0.3 is 9.68 Å². The average molecular weight is 334 g/mol. The lowest BCUT2D eigenvalue weighted by molar-refractivity contribution is 0.0987. The predicted molar refractivity (Wildman–Crippen MR) is 90.8 cm³/mol. The molecule has 0 fully saturated rings. The van der Waals surface area contributed by atoms with Gasteiger partial charge in [-0.1, -0.05) is 29.5 Å². The molecule has 0 radical (unpaired) electrons. The van der Waals surface area contributed by atoms with Crippen LogP contribution < -0.4 is 5.46 Å². The molecule has 3 heterocycles. The summed E-state index contributed by atoms with van der Waals surface area (Å²) in [5.41, 5.74) is 3.44. The van der Waals surface area contributed by atoms with Gasteiger partial charge in [-0.25, -0.2) is 4.98 Å². The number of fused-ring (bicyclic) bond motifs is 1. The van der Waals surface area contributed by atoms with Crippen molar-refractivity contribution in [2.24, 2.45) is 0 Å². The van der Waals surface area contributed by atoms with E-state index < -0.39 is 7.12 Å². The minimum Gasteiger partial charge on any atom is -0.423 e. The Bertz CT molecular complexity index is 942. The fourth-order valence-corrected chi connectivity index (χ4v) is 2.93. The third kappa shape index (κ3) is 2.86. The molecular weight excluding hydrogens is 319 g/mol. The molecule has 0 unspecified atom stereocenters. The third-order valence-electron chi connectivity index (χ3n) is 4.26. The number of pyridine rings is 1. The molecule has 2 aromatic heterocycles. The number of aromatic nitrogens is 4. The molecule has 8 heteroatoms. The average Bonchev–Trinajstić information content (AvgIpc) is 3.19. The van der Waals surface area contributed by atoms with E-state index in [1.807, 2.05) is 30.3 Å². The lowest BCUT2D eigenvalue weighted by atomic mass is 9.78. The Hall–Kier alpha value is -2.84. The van der Waals surface area contributed by atoms with E-state index in [1.54, 1.807) is 23.9 Å². The van der Waals surface area contributed by atoms with Crippen LogP contribution in [-0.4, -0.2) is 37.9 Å². The van der Waals surface area contributed by atoms with Gasteiger partial charge in [-0.3, -0.25) is 4.79 Å². The van der Waals surface area contributed by atoms with Gasteiger partial charge in [-0.05, 0) is 35.6 Å². The zero-order valence-electron chi connectivity index (χ0n) is 13.6. The van der Waals surface area contributed by atoms with Crippen molar-refractivity contribution in [3.63, 3.8) is 0 Å². The van der Waals surface area contributed by atoms with E-state index in [-0.39, 0.29) is 12.2 Å². The Morgan fingerprint density at radius 2 is 2.24 bits per heavy atom. The predicted octanol–water partition coefficient (Wildman–Crippen LogP) is 0.614. The van der Waals surface area contributed by atoms with Crippen molar-refractivity contribution >= 4 is 18.4 Å². The van der Waals surface area contributed by atoms with Crippen LogP contribution in [0, 0.1) is 6.92 Å². The molecule has 0 atom stereocenters. The fourth-order valence-electron chi connectivity index (χ4n) is 2.93. The van der Waals surface area contributed by atoms with E-state index in [2.05, 4.69) is 15.3 Å². The Morgan fingerprint density at radius 3 is 3.04 bits per heavy atom. The molecule has 0 saturated carbocycles. The number of ketones is 1. The highest BCUT2D eigenvalue weighted by molar-refractivity contribution is 6.61. The zero-order valence-corrected chi connectivity index (χ0v) is 13.6. The van der Waals surface area contributed by atoms with Crippen LogP contribution >= 0.6 is 0 Å². The number of rotatable bonds is 4. The summed E-state index contributed by atoms with van der Waals surface area (Å²) < 4.78 is 6.73. The molecular formula is C17H15BN4O3. The van der Waals surface area contributed by atoms with Crippen LogP contribution in [0.15, 0.2) is 42.6 Å². The van der Waals surface area contributed by atoms with Gasteiger partial charge in [0.05, 0.1) is 12.3 Å². The summed E-state index contributed by atoms with van der Waals surface area (Å²) in [6.07, 6.45) is 1.84. The van der Waals surface area contributed by atoms with E-state index in [9.17, 15) is 9.82 Å². The molecule has 0 spiro atoms. The first-order chi connectivity index (χ1) is 12.1. The second-order valence-corrected chi connectivity index (χ2v) is 5.92. The Balaban J connectivity index is 1.58. The minimum atomic E-state index is -0.920. The topological polar surface area (TPSA) is 90.1 Å². The van der Waals surface area contributed by atoms with Crippen molar-refractivity contribution in [2.45, 2.75) is 20.0 Å². The van der Waals surface area contributed by atoms with Crippen molar-refractivity contribution in [3.8, 4) is 5.82 Å². The number of Topliss-reactive ketones (excluding diaryl/α,β-unsaturated/α-hetero) is 1. The number of carbonyl (C=O) groups is 1. The van der Waals surface area contributed by atoms with Crippen LogP contribution in [-0.2, 0) is 17.7 Å². The van der Waals surface area contributed by atoms with Crippen LogP contribution in [0.25, 0.3) is 5.82 Å². The van der Waals surface area contributed by atoms with Gasteiger partial charge in [-0.2, -0.15) is 4.68 Å². The van der Waals surface area contributed by atoms with Gasteiger partial charge in [0.2, 0.25) is 0 Å². The first-order valence-electron chi connectivity index (χ1n) is 7.92. The van der Waals surface area contributed by atoms with Gasteiger partial charge >= 0.3 is 7.12 Å². The maximum absolute atomic E-state index is 12.6. The Kier molecular flexibility index (Phi) is 3.91. The maximum atomic E-state index is 12.6. The largest absolute Gasteiger partial charge is 0.491 e. The van der Waals surface area contributed by atoms with Gasteiger partial charge in [0, 0.05) is 12.6 Å². The summed E-state index contributed by atoms with van der Waals surface area (Å²) >= 11 is 0. The molecule has 3 aromatic rings. The number of carbonyl (C=O) groups excluding carboxylic acids is 1. The SMILES string of the molecule is Cc1c(C(=O)Cc2ccc3c(c2)B(O)OC3)nnn1-c1ccccn1. The molecule has 1 aromatic carbocycles. The Morgan fingerprint density at radius 1 is 1.36 bits per heavy atom. The van der Waals surface area contributed by atoms with Crippen molar-refractivity contribution in [3.05, 3.63) is 65.1 Å². The lowest BCUT2D eigenvalue weighted by Gasteiger charge is -2.04. The van der Waals surface area contributed by atoms with Crippen LogP contribution in [0.1, 0.15) is 27.3 Å². The highest BCUT2D eigenvalue weighted by atomic mass is 16.5. The molecule has 1 aliphatic heterocycles. The second-order valence-electron chi connectivity index (χ2n) is 5.92. The normalized spacial score (nSPS) is 13.1. The van der Waals surface area contributed by atoms with Crippen molar-refractivity contribution in [2.75, 3.05) is 0 Å². The Labute approximate surface area is 144 Å². The molecule has 124 valence electrons. The van der Waals surface area contributed by atoms with Gasteiger partial charge in [0.15, 0.2) is 17.3 Å².